The highest BCUT2D eigenvalue weighted by molar-refractivity contribution is 5.83. The number of rotatable bonds is 6. The minimum atomic E-state index is -0.316. The molecule has 0 spiro atoms. The van der Waals surface area contributed by atoms with Crippen LogP contribution in [0.4, 0.5) is 0 Å². The third kappa shape index (κ3) is 5.20. The number of carbonyl (C=O) groups is 2. The molecule has 1 aromatic carbocycles. The molecular weight excluding hydrogens is 398 g/mol. The van der Waals surface area contributed by atoms with Gasteiger partial charge in [-0.05, 0) is 55.7 Å². The van der Waals surface area contributed by atoms with Crippen molar-refractivity contribution in [2.75, 3.05) is 26.2 Å². The van der Waals surface area contributed by atoms with Gasteiger partial charge < -0.3 is 9.80 Å². The van der Waals surface area contributed by atoms with Crippen LogP contribution in [-0.4, -0.2) is 52.8 Å². The zero-order valence-electron chi connectivity index (χ0n) is 19.2. The third-order valence-electron chi connectivity index (χ3n) is 7.47. The molecule has 5 nitrogen and oxygen atoms in total. The summed E-state index contributed by atoms with van der Waals surface area (Å²) < 4.78 is 0. The fourth-order valence-electron chi connectivity index (χ4n) is 5.40. The summed E-state index contributed by atoms with van der Waals surface area (Å²) in [6.45, 7) is 5.32. The van der Waals surface area contributed by atoms with E-state index in [0.717, 1.165) is 70.4 Å². The molecular formula is C27H35N3O2. The van der Waals surface area contributed by atoms with E-state index in [1.807, 2.05) is 29.2 Å². The van der Waals surface area contributed by atoms with Crippen molar-refractivity contribution in [2.45, 2.75) is 51.9 Å². The van der Waals surface area contributed by atoms with Gasteiger partial charge in [-0.15, -0.1) is 0 Å². The number of pyridine rings is 1. The van der Waals surface area contributed by atoms with Gasteiger partial charge in [0.05, 0.1) is 6.42 Å². The highest BCUT2D eigenvalue weighted by atomic mass is 16.2. The molecule has 2 amide bonds. The van der Waals surface area contributed by atoms with E-state index in [4.69, 9.17) is 0 Å². The normalized spacial score (nSPS) is 22.6. The molecule has 2 aliphatic heterocycles. The van der Waals surface area contributed by atoms with Gasteiger partial charge in [-0.3, -0.25) is 14.6 Å². The molecule has 0 bridgehead atoms. The van der Waals surface area contributed by atoms with E-state index in [1.54, 1.807) is 6.20 Å². The van der Waals surface area contributed by atoms with Crippen molar-refractivity contribution in [3.63, 3.8) is 0 Å². The van der Waals surface area contributed by atoms with E-state index in [1.165, 1.54) is 5.56 Å². The lowest BCUT2D eigenvalue weighted by molar-refractivity contribution is -0.145. The highest BCUT2D eigenvalue weighted by Crippen LogP contribution is 2.42. The van der Waals surface area contributed by atoms with Crippen LogP contribution in [0.5, 0.6) is 0 Å². The minimum absolute atomic E-state index is 0.143. The van der Waals surface area contributed by atoms with Crippen LogP contribution in [0.3, 0.4) is 0 Å². The van der Waals surface area contributed by atoms with Crippen LogP contribution in [0.1, 0.15) is 50.3 Å². The fraction of sp³-hybridized carbons (Fsp3) is 0.519. The third-order valence-corrected chi connectivity index (χ3v) is 7.47. The van der Waals surface area contributed by atoms with Crippen LogP contribution < -0.4 is 0 Å². The molecule has 5 heteroatoms. The van der Waals surface area contributed by atoms with Gasteiger partial charge in [-0.25, -0.2) is 0 Å². The van der Waals surface area contributed by atoms with Crippen LogP contribution in [0.2, 0.25) is 0 Å². The Morgan fingerprint density at radius 3 is 2.50 bits per heavy atom. The summed E-state index contributed by atoms with van der Waals surface area (Å²) in [5.74, 6) is 0.805. The molecule has 1 atom stereocenters. The van der Waals surface area contributed by atoms with Gasteiger partial charge in [0.2, 0.25) is 11.8 Å². The van der Waals surface area contributed by atoms with E-state index in [-0.39, 0.29) is 11.3 Å². The first-order chi connectivity index (χ1) is 15.6. The Bertz CT molecular complexity index is 894. The van der Waals surface area contributed by atoms with Gasteiger partial charge in [0.15, 0.2) is 0 Å². The molecule has 3 heterocycles. The predicted molar refractivity (Wildman–Crippen MR) is 126 cm³/mol. The summed E-state index contributed by atoms with van der Waals surface area (Å²) in [5.41, 5.74) is 1.79. The van der Waals surface area contributed by atoms with Gasteiger partial charge in [-0.1, -0.05) is 49.7 Å². The summed E-state index contributed by atoms with van der Waals surface area (Å²) in [6, 6.07) is 16.1. The van der Waals surface area contributed by atoms with Crippen molar-refractivity contribution in [1.29, 1.82) is 0 Å². The molecule has 1 aromatic heterocycles. The SMILES string of the molecule is CC1(C2CCN(C(=O)Cc3ccccn3)CC2)CCCCN(CCc2ccccc2)C1=O. The summed E-state index contributed by atoms with van der Waals surface area (Å²) in [6.07, 6.45) is 7.95. The minimum Gasteiger partial charge on any atom is -0.342 e. The lowest BCUT2D eigenvalue weighted by atomic mass is 9.69. The molecule has 0 aliphatic carbocycles. The Kier molecular flexibility index (Phi) is 7.23. The summed E-state index contributed by atoms with van der Waals surface area (Å²) in [4.78, 5) is 34.8. The molecule has 0 N–H and O–H groups in total. The first kappa shape index (κ1) is 22.5. The van der Waals surface area contributed by atoms with E-state index in [2.05, 4.69) is 41.1 Å². The zero-order valence-corrected chi connectivity index (χ0v) is 19.2. The van der Waals surface area contributed by atoms with Crippen molar-refractivity contribution in [2.24, 2.45) is 11.3 Å². The highest BCUT2D eigenvalue weighted by Gasteiger charge is 2.45. The molecule has 2 aliphatic rings. The van der Waals surface area contributed by atoms with E-state index in [0.29, 0.717) is 18.2 Å². The van der Waals surface area contributed by atoms with Crippen molar-refractivity contribution in [1.82, 2.24) is 14.8 Å². The smallest absolute Gasteiger partial charge is 0.228 e. The maximum absolute atomic E-state index is 13.7. The maximum Gasteiger partial charge on any atom is 0.228 e. The van der Waals surface area contributed by atoms with Gasteiger partial charge >= 0.3 is 0 Å². The fourth-order valence-corrected chi connectivity index (χ4v) is 5.40. The quantitative estimate of drug-likeness (QED) is 0.688. The Balaban J connectivity index is 1.35. The second-order valence-electron chi connectivity index (χ2n) is 9.56. The first-order valence-electron chi connectivity index (χ1n) is 12.1. The van der Waals surface area contributed by atoms with Crippen LogP contribution in [-0.2, 0) is 22.4 Å². The Hall–Kier alpha value is -2.69. The second-order valence-corrected chi connectivity index (χ2v) is 9.56. The van der Waals surface area contributed by atoms with Crippen molar-refractivity contribution < 1.29 is 9.59 Å². The number of benzene rings is 1. The van der Waals surface area contributed by atoms with E-state index < -0.39 is 0 Å². The Labute approximate surface area is 191 Å². The van der Waals surface area contributed by atoms with Gasteiger partial charge in [0, 0.05) is 43.5 Å². The van der Waals surface area contributed by atoms with Crippen molar-refractivity contribution in [3.8, 4) is 0 Å². The molecule has 2 saturated heterocycles. The number of piperidine rings is 1. The van der Waals surface area contributed by atoms with Gasteiger partial charge in [0.25, 0.3) is 0 Å². The summed E-state index contributed by atoms with van der Waals surface area (Å²) in [5, 5.41) is 0. The first-order valence-corrected chi connectivity index (χ1v) is 12.1. The summed E-state index contributed by atoms with van der Waals surface area (Å²) >= 11 is 0. The average Bonchev–Trinajstić information content (AvgIpc) is 2.98. The predicted octanol–water partition coefficient (Wildman–Crippen LogP) is 4.12. The number of hydrogen-bond donors (Lipinski definition) is 0. The molecule has 2 fully saturated rings. The number of hydrogen-bond acceptors (Lipinski definition) is 3. The number of carbonyl (C=O) groups excluding carboxylic acids is 2. The lowest BCUT2D eigenvalue weighted by Crippen LogP contribution is -2.50. The Morgan fingerprint density at radius 1 is 1.03 bits per heavy atom. The summed E-state index contributed by atoms with van der Waals surface area (Å²) in [7, 11) is 0. The van der Waals surface area contributed by atoms with Crippen LogP contribution in [0.25, 0.3) is 0 Å². The second kappa shape index (κ2) is 10.3. The molecule has 0 radical (unpaired) electrons. The standard InChI is InChI=1S/C27H35N3O2/c1-27(15-6-8-17-30(26(27)32)18-12-22-9-3-2-4-10-22)23-13-19-29(20-14-23)25(31)21-24-11-5-7-16-28-24/h2-5,7,9-11,16,23H,6,8,12-15,17-21H2,1H3. The molecule has 32 heavy (non-hydrogen) atoms. The number of nitrogens with zero attached hydrogens (tertiary/aromatic N) is 3. The van der Waals surface area contributed by atoms with Crippen molar-refractivity contribution in [3.05, 3.63) is 66.0 Å². The molecule has 170 valence electrons. The largest absolute Gasteiger partial charge is 0.342 e. The lowest BCUT2D eigenvalue weighted by Gasteiger charge is -2.43. The zero-order chi connectivity index (χ0) is 22.4. The number of aromatic nitrogens is 1. The Morgan fingerprint density at radius 2 is 1.78 bits per heavy atom. The van der Waals surface area contributed by atoms with Crippen LogP contribution in [0, 0.1) is 11.3 Å². The molecule has 4 rings (SSSR count). The maximum atomic E-state index is 13.7. The van der Waals surface area contributed by atoms with E-state index in [9.17, 15) is 9.59 Å². The topological polar surface area (TPSA) is 53.5 Å². The van der Waals surface area contributed by atoms with Crippen LogP contribution >= 0.6 is 0 Å². The number of amides is 2. The monoisotopic (exact) mass is 433 g/mol. The van der Waals surface area contributed by atoms with Crippen LogP contribution in [0.15, 0.2) is 54.7 Å². The molecule has 2 aromatic rings. The van der Waals surface area contributed by atoms with Gasteiger partial charge in [-0.2, -0.15) is 0 Å². The molecule has 1 unspecified atom stereocenters. The number of likely N-dealkylation sites (tertiary alicyclic amines) is 2. The van der Waals surface area contributed by atoms with Crippen molar-refractivity contribution >= 4 is 11.8 Å². The van der Waals surface area contributed by atoms with E-state index >= 15 is 0 Å². The molecule has 0 saturated carbocycles. The average molecular weight is 434 g/mol. The van der Waals surface area contributed by atoms with Gasteiger partial charge in [0.1, 0.15) is 0 Å².